The Morgan fingerprint density at radius 1 is 1.47 bits per heavy atom. The van der Waals surface area contributed by atoms with E-state index in [-0.39, 0.29) is 24.0 Å². The number of nitrogens with zero attached hydrogens (tertiary/aromatic N) is 2. The lowest BCUT2D eigenvalue weighted by Crippen LogP contribution is -2.22. The minimum atomic E-state index is -3.10. The third-order valence-corrected chi connectivity index (χ3v) is 4.70. The number of hydrogen-bond acceptors (Lipinski definition) is 6. The van der Waals surface area contributed by atoms with Crippen LogP contribution in [-0.2, 0) is 16.4 Å². The molecule has 0 aliphatic carbocycles. The molecule has 2 N–H and O–H groups in total. The second-order valence-corrected chi connectivity index (χ2v) is 5.90. The molecule has 0 saturated carbocycles. The average molecular weight is 231 g/mol. The Balaban J connectivity index is 2.29. The van der Waals surface area contributed by atoms with E-state index in [4.69, 9.17) is 10.3 Å². The third kappa shape index (κ3) is 2.03. The molecule has 1 aliphatic rings. The molecule has 1 fully saturated rings. The van der Waals surface area contributed by atoms with Crippen molar-refractivity contribution in [2.24, 2.45) is 5.73 Å². The van der Waals surface area contributed by atoms with E-state index in [1.54, 1.807) is 0 Å². The van der Waals surface area contributed by atoms with Gasteiger partial charge in [0.25, 0.3) is 0 Å². The van der Waals surface area contributed by atoms with Gasteiger partial charge in [-0.1, -0.05) is 11.6 Å². The van der Waals surface area contributed by atoms with Gasteiger partial charge in [0.2, 0.25) is 5.89 Å². The van der Waals surface area contributed by atoms with E-state index in [1.165, 1.54) is 0 Å². The van der Waals surface area contributed by atoms with Crippen LogP contribution in [0, 0.1) is 0 Å². The molecular weight excluding hydrogens is 218 g/mol. The van der Waals surface area contributed by atoms with Gasteiger partial charge in [0, 0.05) is 0 Å². The SMILES string of the molecule is NCc1nc(C2CCCCS2(=O)=O)no1. The van der Waals surface area contributed by atoms with Crippen LogP contribution in [0.25, 0.3) is 0 Å². The van der Waals surface area contributed by atoms with E-state index >= 15 is 0 Å². The molecule has 2 heterocycles. The van der Waals surface area contributed by atoms with Crippen molar-refractivity contribution >= 4 is 9.84 Å². The lowest BCUT2D eigenvalue weighted by Gasteiger charge is -2.18. The average Bonchev–Trinajstić information content (AvgIpc) is 2.65. The molecule has 0 aromatic carbocycles. The van der Waals surface area contributed by atoms with Crippen molar-refractivity contribution in [2.75, 3.05) is 5.75 Å². The Morgan fingerprint density at radius 2 is 2.27 bits per heavy atom. The van der Waals surface area contributed by atoms with Crippen LogP contribution in [0.1, 0.15) is 36.2 Å². The molecule has 0 radical (unpaired) electrons. The summed E-state index contributed by atoms with van der Waals surface area (Å²) >= 11 is 0. The van der Waals surface area contributed by atoms with Crippen LogP contribution in [0.5, 0.6) is 0 Å². The first-order valence-corrected chi connectivity index (χ1v) is 6.59. The summed E-state index contributed by atoms with van der Waals surface area (Å²) in [5.41, 5.74) is 5.31. The van der Waals surface area contributed by atoms with Crippen molar-refractivity contribution in [3.8, 4) is 0 Å². The summed E-state index contributed by atoms with van der Waals surface area (Å²) < 4.78 is 28.3. The van der Waals surface area contributed by atoms with Crippen LogP contribution < -0.4 is 5.73 Å². The number of hydrogen-bond donors (Lipinski definition) is 1. The smallest absolute Gasteiger partial charge is 0.240 e. The topological polar surface area (TPSA) is 99.1 Å². The van der Waals surface area contributed by atoms with Crippen molar-refractivity contribution in [2.45, 2.75) is 31.1 Å². The first-order chi connectivity index (χ1) is 7.13. The number of aromatic nitrogens is 2. The number of rotatable bonds is 2. The van der Waals surface area contributed by atoms with E-state index < -0.39 is 15.1 Å². The molecule has 6 nitrogen and oxygen atoms in total. The fourth-order valence-corrected chi connectivity index (χ4v) is 3.56. The van der Waals surface area contributed by atoms with Crippen molar-refractivity contribution in [1.82, 2.24) is 10.1 Å². The highest BCUT2D eigenvalue weighted by Crippen LogP contribution is 2.31. The minimum Gasteiger partial charge on any atom is -0.338 e. The Hall–Kier alpha value is -0.950. The van der Waals surface area contributed by atoms with E-state index in [0.29, 0.717) is 6.42 Å². The molecule has 1 saturated heterocycles. The minimum absolute atomic E-state index is 0.139. The molecular formula is C8H13N3O3S. The van der Waals surface area contributed by atoms with Gasteiger partial charge in [-0.3, -0.25) is 0 Å². The van der Waals surface area contributed by atoms with E-state index in [0.717, 1.165) is 12.8 Å². The summed E-state index contributed by atoms with van der Waals surface area (Å²) in [5, 5.41) is 3.06. The van der Waals surface area contributed by atoms with Gasteiger partial charge in [0.15, 0.2) is 15.7 Å². The summed E-state index contributed by atoms with van der Waals surface area (Å²) in [6, 6.07) is 0. The quantitative estimate of drug-likeness (QED) is 0.778. The lowest BCUT2D eigenvalue weighted by molar-refractivity contribution is 0.372. The molecule has 1 aliphatic heterocycles. The zero-order chi connectivity index (χ0) is 10.9. The molecule has 2 rings (SSSR count). The predicted molar refractivity (Wildman–Crippen MR) is 52.6 cm³/mol. The summed E-state index contributed by atoms with van der Waals surface area (Å²) in [7, 11) is -3.10. The van der Waals surface area contributed by atoms with Gasteiger partial charge in [-0.2, -0.15) is 4.98 Å². The third-order valence-electron chi connectivity index (χ3n) is 2.53. The van der Waals surface area contributed by atoms with Crippen molar-refractivity contribution in [1.29, 1.82) is 0 Å². The van der Waals surface area contributed by atoms with Crippen LogP contribution in [-0.4, -0.2) is 24.3 Å². The monoisotopic (exact) mass is 231 g/mol. The summed E-state index contributed by atoms with van der Waals surface area (Å²) in [6.07, 6.45) is 2.18. The second kappa shape index (κ2) is 3.90. The highest BCUT2D eigenvalue weighted by atomic mass is 32.2. The van der Waals surface area contributed by atoms with Crippen LogP contribution in [0.4, 0.5) is 0 Å². The molecule has 1 atom stereocenters. The van der Waals surface area contributed by atoms with E-state index in [1.807, 2.05) is 0 Å². The molecule has 0 spiro atoms. The summed E-state index contributed by atoms with van der Waals surface area (Å²) in [4.78, 5) is 3.97. The van der Waals surface area contributed by atoms with Crippen molar-refractivity contribution in [3.63, 3.8) is 0 Å². The van der Waals surface area contributed by atoms with Crippen LogP contribution in [0.15, 0.2) is 4.52 Å². The first-order valence-electron chi connectivity index (χ1n) is 4.87. The molecule has 0 bridgehead atoms. The Labute approximate surface area is 87.8 Å². The number of nitrogens with two attached hydrogens (primary N) is 1. The van der Waals surface area contributed by atoms with Crippen LogP contribution in [0.3, 0.4) is 0 Å². The maximum Gasteiger partial charge on any atom is 0.240 e. The van der Waals surface area contributed by atoms with Gasteiger partial charge in [-0.15, -0.1) is 0 Å². The first kappa shape index (κ1) is 10.6. The summed E-state index contributed by atoms with van der Waals surface area (Å²) in [5.74, 6) is 0.755. The molecule has 1 unspecified atom stereocenters. The maximum atomic E-state index is 11.7. The van der Waals surface area contributed by atoms with Gasteiger partial charge in [-0.25, -0.2) is 8.42 Å². The molecule has 15 heavy (non-hydrogen) atoms. The van der Waals surface area contributed by atoms with Gasteiger partial charge >= 0.3 is 0 Å². The Kier molecular flexibility index (Phi) is 2.74. The molecule has 7 heteroatoms. The highest BCUT2D eigenvalue weighted by molar-refractivity contribution is 7.91. The van der Waals surface area contributed by atoms with Crippen LogP contribution >= 0.6 is 0 Å². The standard InChI is InChI=1S/C8H13N3O3S/c9-5-7-10-8(11-14-7)6-3-1-2-4-15(6,12)13/h6H,1-5,9H2. The largest absolute Gasteiger partial charge is 0.338 e. The van der Waals surface area contributed by atoms with Gasteiger partial charge in [-0.05, 0) is 12.8 Å². The van der Waals surface area contributed by atoms with Crippen molar-refractivity contribution < 1.29 is 12.9 Å². The maximum absolute atomic E-state index is 11.7. The molecule has 1 aromatic rings. The molecule has 1 aromatic heterocycles. The normalized spacial score (nSPS) is 25.3. The second-order valence-electron chi connectivity index (χ2n) is 3.60. The zero-order valence-electron chi connectivity index (χ0n) is 8.22. The van der Waals surface area contributed by atoms with Gasteiger partial charge < -0.3 is 10.3 Å². The Morgan fingerprint density at radius 3 is 2.87 bits per heavy atom. The molecule has 84 valence electrons. The predicted octanol–water partition coefficient (Wildman–Crippen LogP) is 0.168. The van der Waals surface area contributed by atoms with Gasteiger partial charge in [0.05, 0.1) is 12.3 Å². The van der Waals surface area contributed by atoms with Crippen molar-refractivity contribution in [3.05, 3.63) is 11.7 Å². The van der Waals surface area contributed by atoms with E-state index in [9.17, 15) is 8.42 Å². The van der Waals surface area contributed by atoms with Crippen LogP contribution in [0.2, 0.25) is 0 Å². The van der Waals surface area contributed by atoms with E-state index in [2.05, 4.69) is 10.1 Å². The number of sulfone groups is 1. The fourth-order valence-electron chi connectivity index (χ4n) is 1.73. The highest BCUT2D eigenvalue weighted by Gasteiger charge is 2.33. The van der Waals surface area contributed by atoms with Gasteiger partial charge in [0.1, 0.15) is 5.25 Å². The Bertz CT molecular complexity index is 440. The molecule has 0 amide bonds. The zero-order valence-corrected chi connectivity index (χ0v) is 9.03. The summed E-state index contributed by atoms with van der Waals surface area (Å²) in [6.45, 7) is 0.139. The fraction of sp³-hybridized carbons (Fsp3) is 0.750. The lowest BCUT2D eigenvalue weighted by atomic mass is 10.2.